The van der Waals surface area contributed by atoms with E-state index in [9.17, 15) is 0 Å². The molecule has 0 spiro atoms. The molecule has 2 aromatic rings. The van der Waals surface area contributed by atoms with Gasteiger partial charge in [-0.25, -0.2) is 0 Å². The highest BCUT2D eigenvalue weighted by Crippen LogP contribution is 2.19. The van der Waals surface area contributed by atoms with Crippen LogP contribution in [0, 0.1) is 6.07 Å². The van der Waals surface area contributed by atoms with Gasteiger partial charge in [-0.3, -0.25) is 5.10 Å². The van der Waals surface area contributed by atoms with Crippen molar-refractivity contribution in [2.24, 2.45) is 0 Å². The van der Waals surface area contributed by atoms with Crippen LogP contribution in [0.2, 0.25) is 0 Å². The van der Waals surface area contributed by atoms with Crippen LogP contribution in [0.25, 0.3) is 10.9 Å². The predicted octanol–water partition coefficient (Wildman–Crippen LogP) is 1.07. The number of nitrogens with one attached hydrogen (secondary N) is 1. The SMILES string of the molecule is Oc1cc[c]c2cn[nH]c12. The molecule has 1 radical (unpaired) electrons. The second-order valence-electron chi connectivity index (χ2n) is 2.02. The molecule has 2 N–H and O–H groups in total. The first-order chi connectivity index (χ1) is 4.88. The summed E-state index contributed by atoms with van der Waals surface area (Å²) >= 11 is 0. The number of rotatable bonds is 0. The topological polar surface area (TPSA) is 48.9 Å². The van der Waals surface area contributed by atoms with Crippen molar-refractivity contribution < 1.29 is 5.11 Å². The van der Waals surface area contributed by atoms with E-state index in [0.717, 1.165) is 5.39 Å². The minimum Gasteiger partial charge on any atom is -0.506 e. The van der Waals surface area contributed by atoms with E-state index >= 15 is 0 Å². The van der Waals surface area contributed by atoms with Crippen molar-refractivity contribution in [3.8, 4) is 5.75 Å². The average molecular weight is 133 g/mol. The van der Waals surface area contributed by atoms with E-state index in [2.05, 4.69) is 16.3 Å². The van der Waals surface area contributed by atoms with E-state index in [1.165, 1.54) is 0 Å². The Labute approximate surface area is 57.3 Å². The molecule has 1 aromatic heterocycles. The summed E-state index contributed by atoms with van der Waals surface area (Å²) in [5.41, 5.74) is 0.641. The third kappa shape index (κ3) is 0.572. The van der Waals surface area contributed by atoms with E-state index < -0.39 is 0 Å². The predicted molar refractivity (Wildman–Crippen MR) is 36.6 cm³/mol. The lowest BCUT2D eigenvalue weighted by Crippen LogP contribution is -1.69. The molecule has 3 heteroatoms. The molecule has 0 aliphatic rings. The normalized spacial score (nSPS) is 10.4. The average Bonchev–Trinajstić information content (AvgIpc) is 2.36. The van der Waals surface area contributed by atoms with Crippen LogP contribution in [0.4, 0.5) is 0 Å². The van der Waals surface area contributed by atoms with Crippen molar-refractivity contribution in [3.63, 3.8) is 0 Å². The van der Waals surface area contributed by atoms with E-state index in [4.69, 9.17) is 5.11 Å². The van der Waals surface area contributed by atoms with Crippen molar-refractivity contribution in [2.75, 3.05) is 0 Å². The van der Waals surface area contributed by atoms with Gasteiger partial charge in [-0.05, 0) is 18.2 Å². The first-order valence-electron chi connectivity index (χ1n) is 2.90. The zero-order chi connectivity index (χ0) is 6.97. The zero-order valence-corrected chi connectivity index (χ0v) is 5.13. The van der Waals surface area contributed by atoms with Gasteiger partial charge in [-0.1, -0.05) is 0 Å². The van der Waals surface area contributed by atoms with Crippen LogP contribution >= 0.6 is 0 Å². The first-order valence-corrected chi connectivity index (χ1v) is 2.90. The molecule has 0 atom stereocenters. The van der Waals surface area contributed by atoms with Crippen LogP contribution in [0.5, 0.6) is 5.75 Å². The fourth-order valence-corrected chi connectivity index (χ4v) is 0.885. The number of hydrogen-bond donors (Lipinski definition) is 2. The summed E-state index contributed by atoms with van der Waals surface area (Å²) in [7, 11) is 0. The monoisotopic (exact) mass is 133 g/mol. The van der Waals surface area contributed by atoms with Gasteiger partial charge in [-0.2, -0.15) is 5.10 Å². The molecular formula is C7H5N2O. The molecule has 0 fully saturated rings. The van der Waals surface area contributed by atoms with E-state index in [1.54, 1.807) is 18.3 Å². The smallest absolute Gasteiger partial charge is 0.141 e. The number of benzene rings is 1. The highest BCUT2D eigenvalue weighted by Gasteiger charge is 1.97. The van der Waals surface area contributed by atoms with E-state index in [1.807, 2.05) is 0 Å². The molecule has 1 heterocycles. The maximum absolute atomic E-state index is 9.17. The van der Waals surface area contributed by atoms with Gasteiger partial charge in [0.2, 0.25) is 0 Å². The van der Waals surface area contributed by atoms with Crippen LogP contribution in [0.15, 0.2) is 18.3 Å². The lowest BCUT2D eigenvalue weighted by atomic mass is 10.2. The molecule has 0 saturated heterocycles. The lowest BCUT2D eigenvalue weighted by molar-refractivity contribution is 0.480. The van der Waals surface area contributed by atoms with Crippen LogP contribution < -0.4 is 0 Å². The number of fused-ring (bicyclic) bond motifs is 1. The van der Waals surface area contributed by atoms with Crippen LogP contribution in [0.1, 0.15) is 0 Å². The number of phenolic OH excluding ortho intramolecular Hbond substituents is 1. The summed E-state index contributed by atoms with van der Waals surface area (Å²) in [6, 6.07) is 6.15. The third-order valence-corrected chi connectivity index (χ3v) is 1.38. The number of nitrogens with zero attached hydrogens (tertiary/aromatic N) is 1. The molecule has 0 aliphatic carbocycles. The Bertz CT molecular complexity index is 353. The maximum atomic E-state index is 9.17. The van der Waals surface area contributed by atoms with E-state index in [0.29, 0.717) is 5.52 Å². The Morgan fingerprint density at radius 1 is 1.60 bits per heavy atom. The fourth-order valence-electron chi connectivity index (χ4n) is 0.885. The summed E-state index contributed by atoms with van der Waals surface area (Å²) in [6.07, 6.45) is 1.62. The molecule has 10 heavy (non-hydrogen) atoms. The first kappa shape index (κ1) is 5.29. The summed E-state index contributed by atoms with van der Waals surface area (Å²) in [4.78, 5) is 0. The Morgan fingerprint density at radius 2 is 2.50 bits per heavy atom. The van der Waals surface area contributed by atoms with Gasteiger partial charge in [-0.15, -0.1) is 0 Å². The standard InChI is InChI=1S/C7H5N2O/c10-6-3-1-2-5-4-8-9-7(5)6/h1,3-4,10H,(H,8,9). The number of H-pyrrole nitrogens is 1. The van der Waals surface area contributed by atoms with Crippen LogP contribution in [0.3, 0.4) is 0 Å². The second kappa shape index (κ2) is 1.73. The van der Waals surface area contributed by atoms with Gasteiger partial charge < -0.3 is 5.11 Å². The van der Waals surface area contributed by atoms with Crippen molar-refractivity contribution in [3.05, 3.63) is 24.4 Å². The third-order valence-electron chi connectivity index (χ3n) is 1.38. The number of aromatic amines is 1. The van der Waals surface area contributed by atoms with Gasteiger partial charge in [0, 0.05) is 5.39 Å². The van der Waals surface area contributed by atoms with Crippen LogP contribution in [-0.2, 0) is 0 Å². The van der Waals surface area contributed by atoms with Gasteiger partial charge in [0.1, 0.15) is 11.3 Å². The number of aromatic nitrogens is 2. The van der Waals surface area contributed by atoms with Gasteiger partial charge in [0.25, 0.3) is 0 Å². The van der Waals surface area contributed by atoms with Crippen molar-refractivity contribution in [2.45, 2.75) is 0 Å². The molecule has 3 nitrogen and oxygen atoms in total. The molecule has 49 valence electrons. The molecule has 0 saturated carbocycles. The van der Waals surface area contributed by atoms with Crippen molar-refractivity contribution in [1.29, 1.82) is 0 Å². The van der Waals surface area contributed by atoms with Gasteiger partial charge in [0.05, 0.1) is 6.20 Å². The molecule has 0 aliphatic heterocycles. The number of aromatic hydroxyl groups is 1. The van der Waals surface area contributed by atoms with E-state index in [-0.39, 0.29) is 5.75 Å². The molecular weight excluding hydrogens is 128 g/mol. The minimum atomic E-state index is 0.214. The van der Waals surface area contributed by atoms with Crippen molar-refractivity contribution in [1.82, 2.24) is 10.2 Å². The fraction of sp³-hybridized carbons (Fsp3) is 0. The van der Waals surface area contributed by atoms with Gasteiger partial charge in [0.15, 0.2) is 0 Å². The Kier molecular flexibility index (Phi) is 0.917. The zero-order valence-electron chi connectivity index (χ0n) is 5.13. The Hall–Kier alpha value is -1.51. The molecule has 0 amide bonds. The highest BCUT2D eigenvalue weighted by atomic mass is 16.3. The second-order valence-corrected chi connectivity index (χ2v) is 2.02. The summed E-state index contributed by atoms with van der Waals surface area (Å²) in [5.74, 6) is 0.214. The highest BCUT2D eigenvalue weighted by molar-refractivity contribution is 5.82. The van der Waals surface area contributed by atoms with Crippen molar-refractivity contribution >= 4 is 10.9 Å². The van der Waals surface area contributed by atoms with Crippen LogP contribution in [-0.4, -0.2) is 15.3 Å². The number of phenols is 1. The largest absolute Gasteiger partial charge is 0.506 e. The lowest BCUT2D eigenvalue weighted by Gasteiger charge is -1.89. The summed E-state index contributed by atoms with van der Waals surface area (Å²) in [6.45, 7) is 0. The molecule has 0 unspecified atom stereocenters. The minimum absolute atomic E-state index is 0.214. The summed E-state index contributed by atoms with van der Waals surface area (Å²) in [5, 5.41) is 16.4. The quantitative estimate of drug-likeness (QED) is 0.564. The molecule has 1 aromatic carbocycles. The Morgan fingerprint density at radius 3 is 3.30 bits per heavy atom. The molecule has 2 rings (SSSR count). The Balaban J connectivity index is 2.95. The van der Waals surface area contributed by atoms with Gasteiger partial charge >= 0.3 is 0 Å². The summed E-state index contributed by atoms with van der Waals surface area (Å²) < 4.78 is 0. The number of hydrogen-bond acceptors (Lipinski definition) is 2. The molecule has 0 bridgehead atoms. The maximum Gasteiger partial charge on any atom is 0.141 e.